The topological polar surface area (TPSA) is 71.9 Å². The van der Waals surface area contributed by atoms with Crippen molar-refractivity contribution in [2.45, 2.75) is 26.0 Å². The number of benzene rings is 2. The van der Waals surface area contributed by atoms with Crippen LogP contribution in [-0.4, -0.2) is 29.3 Å². The van der Waals surface area contributed by atoms with Crippen molar-refractivity contribution in [2.24, 2.45) is 5.92 Å². The van der Waals surface area contributed by atoms with Gasteiger partial charge in [0, 0.05) is 36.4 Å². The van der Waals surface area contributed by atoms with Gasteiger partial charge in [-0.2, -0.15) is 8.78 Å². The quantitative estimate of drug-likeness (QED) is 0.448. The number of anilines is 2. The van der Waals surface area contributed by atoms with E-state index in [9.17, 15) is 18.7 Å². The van der Waals surface area contributed by atoms with Gasteiger partial charge in [-0.05, 0) is 60.7 Å². The van der Waals surface area contributed by atoms with E-state index in [2.05, 4.69) is 9.72 Å². The van der Waals surface area contributed by atoms with E-state index in [-0.39, 0.29) is 17.1 Å². The van der Waals surface area contributed by atoms with Crippen molar-refractivity contribution in [3.05, 3.63) is 78.1 Å². The minimum absolute atomic E-state index is 0.0370. The number of aromatic carboxylic acids is 1. The second-order valence-corrected chi connectivity index (χ2v) is 7.57. The van der Waals surface area contributed by atoms with Crippen molar-refractivity contribution >= 4 is 17.3 Å². The molecule has 1 N–H and O–H groups in total. The first-order chi connectivity index (χ1) is 15.5. The van der Waals surface area contributed by atoms with E-state index in [1.807, 2.05) is 17.0 Å². The van der Waals surface area contributed by atoms with Gasteiger partial charge < -0.3 is 19.5 Å². The third-order valence-electron chi connectivity index (χ3n) is 5.09. The smallest absolute Gasteiger partial charge is 0.387 e. The third-order valence-corrected chi connectivity index (χ3v) is 5.09. The summed E-state index contributed by atoms with van der Waals surface area (Å²) in [6.07, 6.45) is 5.49. The molecule has 6 nitrogen and oxygen atoms in total. The predicted octanol–water partition coefficient (Wildman–Crippen LogP) is 5.51. The molecule has 1 aliphatic carbocycles. The lowest BCUT2D eigenvalue weighted by molar-refractivity contribution is -0.0515. The van der Waals surface area contributed by atoms with Gasteiger partial charge in [-0.3, -0.25) is 4.98 Å². The highest BCUT2D eigenvalue weighted by molar-refractivity contribution is 5.89. The lowest BCUT2D eigenvalue weighted by Crippen LogP contribution is -2.17. The van der Waals surface area contributed by atoms with Gasteiger partial charge in [0.1, 0.15) is 0 Å². The van der Waals surface area contributed by atoms with Crippen LogP contribution in [0.1, 0.15) is 28.8 Å². The molecule has 1 saturated carbocycles. The highest BCUT2D eigenvalue weighted by Crippen LogP contribution is 2.38. The molecule has 1 aliphatic rings. The molecule has 1 fully saturated rings. The van der Waals surface area contributed by atoms with Crippen LogP contribution in [0.25, 0.3) is 0 Å². The largest absolute Gasteiger partial charge is 0.489 e. The van der Waals surface area contributed by atoms with Crippen molar-refractivity contribution < 1.29 is 28.2 Å². The van der Waals surface area contributed by atoms with Crippen LogP contribution >= 0.6 is 0 Å². The number of pyridine rings is 1. The van der Waals surface area contributed by atoms with Crippen LogP contribution in [0.2, 0.25) is 0 Å². The first-order valence-electron chi connectivity index (χ1n) is 10.2. The Morgan fingerprint density at radius 1 is 1.09 bits per heavy atom. The second-order valence-electron chi connectivity index (χ2n) is 7.57. The Morgan fingerprint density at radius 2 is 1.91 bits per heavy atom. The summed E-state index contributed by atoms with van der Waals surface area (Å²) < 4.78 is 36.2. The summed E-state index contributed by atoms with van der Waals surface area (Å²) in [7, 11) is 0. The minimum Gasteiger partial charge on any atom is -0.489 e. The molecule has 0 spiro atoms. The van der Waals surface area contributed by atoms with E-state index < -0.39 is 12.6 Å². The maximum absolute atomic E-state index is 12.9. The van der Waals surface area contributed by atoms with E-state index in [0.29, 0.717) is 30.4 Å². The molecule has 8 heteroatoms. The van der Waals surface area contributed by atoms with Crippen LogP contribution in [0.15, 0.2) is 67.0 Å². The lowest BCUT2D eigenvalue weighted by Gasteiger charge is -2.26. The number of carbonyl (C=O) groups is 1. The average Bonchev–Trinajstić information content (AvgIpc) is 3.62. The Bertz CT molecular complexity index is 1070. The van der Waals surface area contributed by atoms with Gasteiger partial charge in [-0.15, -0.1) is 0 Å². The molecule has 166 valence electrons. The van der Waals surface area contributed by atoms with E-state index in [1.165, 1.54) is 12.1 Å². The van der Waals surface area contributed by atoms with Crippen LogP contribution in [0.4, 0.5) is 20.2 Å². The van der Waals surface area contributed by atoms with Crippen LogP contribution in [0.5, 0.6) is 11.5 Å². The van der Waals surface area contributed by atoms with Gasteiger partial charge in [0.25, 0.3) is 0 Å². The highest BCUT2D eigenvalue weighted by atomic mass is 19.3. The SMILES string of the molecule is O=C(O)c1cccc(N(Cc2cccnc2)c2ccc(OC(F)F)c(OCC3CC3)c2)c1. The molecule has 0 atom stereocenters. The van der Waals surface area contributed by atoms with Crippen LogP contribution in [-0.2, 0) is 6.54 Å². The zero-order valence-electron chi connectivity index (χ0n) is 17.2. The maximum atomic E-state index is 12.9. The Hall–Kier alpha value is -3.68. The molecule has 0 unspecified atom stereocenters. The molecule has 1 heterocycles. The van der Waals surface area contributed by atoms with Crippen molar-refractivity contribution in [2.75, 3.05) is 11.5 Å². The van der Waals surface area contributed by atoms with E-state index in [1.54, 1.807) is 42.7 Å². The molecule has 32 heavy (non-hydrogen) atoms. The number of halogens is 2. The van der Waals surface area contributed by atoms with Crippen LogP contribution in [0.3, 0.4) is 0 Å². The van der Waals surface area contributed by atoms with Gasteiger partial charge >= 0.3 is 12.6 Å². The first-order valence-corrected chi connectivity index (χ1v) is 10.2. The molecule has 0 radical (unpaired) electrons. The molecule has 4 rings (SSSR count). The standard InChI is InChI=1S/C24H22F2N2O4/c25-24(26)32-21-9-8-20(12-22(21)31-15-16-6-7-16)28(14-17-3-2-10-27-13-17)19-5-1-4-18(11-19)23(29)30/h1-5,8-13,16,24H,6-7,14-15H2,(H,29,30). The molecular formula is C24H22F2N2O4. The van der Waals surface area contributed by atoms with Gasteiger partial charge in [-0.25, -0.2) is 4.79 Å². The zero-order valence-corrected chi connectivity index (χ0v) is 17.2. The number of hydrogen-bond acceptors (Lipinski definition) is 5. The molecule has 1 aromatic heterocycles. The molecule has 2 aromatic carbocycles. The maximum Gasteiger partial charge on any atom is 0.387 e. The van der Waals surface area contributed by atoms with Gasteiger partial charge in [0.05, 0.1) is 12.2 Å². The van der Waals surface area contributed by atoms with Crippen molar-refractivity contribution in [1.29, 1.82) is 0 Å². The fourth-order valence-corrected chi connectivity index (χ4v) is 3.28. The monoisotopic (exact) mass is 440 g/mol. The molecular weight excluding hydrogens is 418 g/mol. The third kappa shape index (κ3) is 5.51. The van der Waals surface area contributed by atoms with Crippen molar-refractivity contribution in [1.82, 2.24) is 4.98 Å². The normalized spacial score (nSPS) is 13.1. The Balaban J connectivity index is 1.72. The number of rotatable bonds is 10. The number of nitrogens with zero attached hydrogens (tertiary/aromatic N) is 2. The summed E-state index contributed by atoms with van der Waals surface area (Å²) in [5.41, 5.74) is 2.30. The number of aromatic nitrogens is 1. The number of carboxylic acid groups (broad SMARTS) is 1. The van der Waals surface area contributed by atoms with Crippen LogP contribution < -0.4 is 14.4 Å². The average molecular weight is 440 g/mol. The molecule has 0 saturated heterocycles. The van der Waals surface area contributed by atoms with Crippen molar-refractivity contribution in [3.63, 3.8) is 0 Å². The summed E-state index contributed by atoms with van der Waals surface area (Å²) in [5.74, 6) is -0.426. The number of alkyl halides is 2. The Kier molecular flexibility index (Phi) is 6.49. The molecule has 0 amide bonds. The van der Waals surface area contributed by atoms with Crippen molar-refractivity contribution in [3.8, 4) is 11.5 Å². The van der Waals surface area contributed by atoms with E-state index in [0.717, 1.165) is 18.4 Å². The van der Waals surface area contributed by atoms with Crippen LogP contribution in [0, 0.1) is 5.92 Å². The Labute approximate surface area is 184 Å². The fraction of sp³-hybridized carbons (Fsp3) is 0.250. The zero-order chi connectivity index (χ0) is 22.5. The lowest BCUT2D eigenvalue weighted by atomic mass is 10.1. The van der Waals surface area contributed by atoms with E-state index in [4.69, 9.17) is 4.74 Å². The minimum atomic E-state index is -2.97. The fourth-order valence-electron chi connectivity index (χ4n) is 3.28. The summed E-state index contributed by atoms with van der Waals surface area (Å²) >= 11 is 0. The predicted molar refractivity (Wildman–Crippen MR) is 115 cm³/mol. The van der Waals surface area contributed by atoms with E-state index >= 15 is 0 Å². The second kappa shape index (κ2) is 9.64. The summed E-state index contributed by atoms with van der Waals surface area (Å²) in [5, 5.41) is 9.41. The first kappa shape index (κ1) is 21.5. The summed E-state index contributed by atoms with van der Waals surface area (Å²) in [4.78, 5) is 17.5. The summed E-state index contributed by atoms with van der Waals surface area (Å²) in [6, 6.07) is 15.0. The number of hydrogen-bond donors (Lipinski definition) is 1. The number of carboxylic acids is 1. The van der Waals surface area contributed by atoms with Gasteiger partial charge in [0.15, 0.2) is 11.5 Å². The number of ether oxygens (including phenoxy) is 2. The molecule has 0 bridgehead atoms. The molecule has 0 aliphatic heterocycles. The van der Waals surface area contributed by atoms with Gasteiger partial charge in [0.2, 0.25) is 0 Å². The Morgan fingerprint density at radius 3 is 2.59 bits per heavy atom. The highest BCUT2D eigenvalue weighted by Gasteiger charge is 2.24. The molecule has 3 aromatic rings. The van der Waals surface area contributed by atoms with Gasteiger partial charge in [-0.1, -0.05) is 12.1 Å². The summed E-state index contributed by atoms with van der Waals surface area (Å²) in [6.45, 7) is -2.16.